The van der Waals surface area contributed by atoms with E-state index >= 15 is 0 Å². The number of morpholine rings is 1. The molecule has 0 radical (unpaired) electrons. The fraction of sp³-hybridized carbons (Fsp3) is 0.647. The van der Waals surface area contributed by atoms with Gasteiger partial charge in [0.2, 0.25) is 5.91 Å². The number of carboxylic acids is 2. The van der Waals surface area contributed by atoms with Crippen LogP contribution in [0, 0.1) is 22.7 Å². The largest absolute Gasteiger partial charge is 0.552 e. The molecule has 4 heterocycles. The molecule has 3 N–H and O–H groups in total. The smallest absolute Gasteiger partial charge is 0.506 e. The Balaban J connectivity index is 1.13. The van der Waals surface area contributed by atoms with Crippen LogP contribution >= 0.6 is 0 Å². The van der Waals surface area contributed by atoms with Gasteiger partial charge in [-0.3, -0.25) is 24.1 Å². The van der Waals surface area contributed by atoms with E-state index in [1.165, 1.54) is 0 Å². The topological polar surface area (TPSA) is 205 Å². The maximum Gasteiger partial charge on any atom is 0.552 e. The monoisotopic (exact) mass is 694 g/mol. The predicted octanol–water partition coefficient (Wildman–Crippen LogP) is 1.78. The van der Waals surface area contributed by atoms with Crippen molar-refractivity contribution in [3.63, 3.8) is 0 Å². The van der Waals surface area contributed by atoms with Crippen molar-refractivity contribution in [2.75, 3.05) is 26.3 Å². The molecule has 2 bridgehead atoms. The highest BCUT2D eigenvalue weighted by Gasteiger charge is 2.81. The molecule has 2 amide bonds. The Morgan fingerprint density at radius 2 is 1.84 bits per heavy atom. The van der Waals surface area contributed by atoms with Crippen molar-refractivity contribution in [1.82, 2.24) is 15.1 Å². The third-order valence-corrected chi connectivity index (χ3v) is 11.0. The summed E-state index contributed by atoms with van der Waals surface area (Å²) in [5.41, 5.74) is -2.74. The summed E-state index contributed by atoms with van der Waals surface area (Å²) in [6, 6.07) is 11.1. The fourth-order valence-electron chi connectivity index (χ4n) is 8.67. The number of ether oxygens (including phenoxy) is 2. The van der Waals surface area contributed by atoms with E-state index in [-0.39, 0.29) is 36.5 Å². The zero-order chi connectivity index (χ0) is 36.1. The Labute approximate surface area is 290 Å². The summed E-state index contributed by atoms with van der Waals surface area (Å²) < 4.78 is 22.5. The van der Waals surface area contributed by atoms with Gasteiger partial charge in [-0.15, -0.1) is 0 Å². The highest BCUT2D eigenvalue weighted by Crippen LogP contribution is 2.76. The predicted molar refractivity (Wildman–Crippen MR) is 173 cm³/mol. The van der Waals surface area contributed by atoms with Crippen LogP contribution in [0.15, 0.2) is 30.3 Å². The van der Waals surface area contributed by atoms with Crippen molar-refractivity contribution in [1.29, 1.82) is 5.26 Å². The molecular formula is C34H43BN4O11. The molecule has 1 spiro atoms. The van der Waals surface area contributed by atoms with Crippen LogP contribution in [-0.4, -0.2) is 118 Å². The van der Waals surface area contributed by atoms with Gasteiger partial charge in [0.15, 0.2) is 5.60 Å². The van der Waals surface area contributed by atoms with Crippen LogP contribution in [0.3, 0.4) is 0 Å². The summed E-state index contributed by atoms with van der Waals surface area (Å²) in [7, 11) is -1.51. The van der Waals surface area contributed by atoms with Gasteiger partial charge in [0.1, 0.15) is 12.5 Å². The van der Waals surface area contributed by atoms with Gasteiger partial charge >= 0.3 is 31.1 Å². The summed E-state index contributed by atoms with van der Waals surface area (Å²) >= 11 is 0. The number of amides is 2. The quantitative estimate of drug-likeness (QED) is 0.238. The molecule has 4 saturated heterocycles. The minimum atomic E-state index is -2.28. The van der Waals surface area contributed by atoms with Crippen molar-refractivity contribution >= 4 is 37.0 Å². The van der Waals surface area contributed by atoms with Crippen LogP contribution in [0.4, 0.5) is 4.79 Å². The highest BCUT2D eigenvalue weighted by atomic mass is 16.7. The van der Waals surface area contributed by atoms with Gasteiger partial charge in [0.05, 0.1) is 43.1 Å². The molecule has 1 aromatic carbocycles. The van der Waals surface area contributed by atoms with Gasteiger partial charge in [0, 0.05) is 24.7 Å². The van der Waals surface area contributed by atoms with E-state index in [0.29, 0.717) is 39.0 Å². The normalized spacial score (nSPS) is 29.1. The standard InChI is InChI=1S/C34H43BN4O11/c1-21-17-38(9-10-47-21)31(2,3)12-23(16-36)28(44)39-24-13-32(24)18-33(39,19-32)20-48-30(46)37-25(11-22-7-5-4-6-8-22)35-49-29(45)34(50-35,14-26(40)41)15-27(42)43/h4-8,21,23-25H,9-15,17-20H2,1-3H3,(H,37,46)(H,40,41)(H,42,43)/t21-,23?,24?,25-,32?,33?/m0/s1. The number of carboxylic acid groups (broad SMARTS) is 2. The van der Waals surface area contributed by atoms with E-state index < -0.39 is 72.5 Å². The molecule has 2 unspecified atom stereocenters. The van der Waals surface area contributed by atoms with Crippen LogP contribution in [0.5, 0.6) is 0 Å². The molecular weight excluding hydrogens is 651 g/mol. The first-order chi connectivity index (χ1) is 23.6. The first-order valence-corrected chi connectivity index (χ1v) is 17.0. The summed E-state index contributed by atoms with van der Waals surface area (Å²) in [5, 5.41) is 31.7. The van der Waals surface area contributed by atoms with Gasteiger partial charge in [-0.2, -0.15) is 5.26 Å². The molecule has 15 nitrogen and oxygen atoms in total. The van der Waals surface area contributed by atoms with Crippen molar-refractivity contribution in [3.8, 4) is 6.07 Å². The molecule has 50 heavy (non-hydrogen) atoms. The number of rotatable bonds is 14. The molecule has 4 aliphatic heterocycles. The van der Waals surface area contributed by atoms with Crippen molar-refractivity contribution in [3.05, 3.63) is 35.9 Å². The lowest BCUT2D eigenvalue weighted by Gasteiger charge is -2.48. The molecule has 16 heteroatoms. The molecule has 6 fully saturated rings. The van der Waals surface area contributed by atoms with Crippen molar-refractivity contribution in [2.45, 2.75) is 100 Å². The number of benzene rings is 1. The number of carbonyl (C=O) groups excluding carboxylic acids is 3. The number of alkyl carbamates (subject to hydrolysis) is 1. The van der Waals surface area contributed by atoms with Gasteiger partial charge in [-0.05, 0) is 63.9 Å². The lowest BCUT2D eigenvalue weighted by atomic mass is 9.68. The van der Waals surface area contributed by atoms with E-state index in [0.717, 1.165) is 12.0 Å². The number of hydrogen-bond acceptors (Lipinski definition) is 11. The second-order valence-corrected chi connectivity index (χ2v) is 15.2. The maximum atomic E-state index is 14.1. The summed E-state index contributed by atoms with van der Waals surface area (Å²) in [6.45, 7) is 7.97. The van der Waals surface area contributed by atoms with E-state index in [2.05, 4.69) is 16.3 Å². The molecule has 2 aliphatic carbocycles. The molecule has 7 rings (SSSR count). The molecule has 0 aromatic heterocycles. The number of piperidine rings is 2. The lowest BCUT2D eigenvalue weighted by Crippen LogP contribution is -2.59. The molecule has 2 saturated carbocycles. The molecule has 6 aliphatic rings. The Kier molecular flexibility index (Phi) is 9.38. The fourth-order valence-corrected chi connectivity index (χ4v) is 8.67. The number of nitrogens with one attached hydrogen (secondary N) is 1. The number of carbonyl (C=O) groups is 5. The van der Waals surface area contributed by atoms with Crippen LogP contribution < -0.4 is 5.32 Å². The highest BCUT2D eigenvalue weighted by molar-refractivity contribution is 6.51. The summed E-state index contributed by atoms with van der Waals surface area (Å²) in [5.74, 6) is -6.29. The van der Waals surface area contributed by atoms with Crippen LogP contribution in [0.2, 0.25) is 0 Å². The zero-order valence-corrected chi connectivity index (χ0v) is 28.5. The SMILES string of the molecule is C[C@H]1CN(C(C)(C)CC(C#N)C(=O)N2C3CC34CC2(COC(=O)N[C@@H](Cc2ccccc2)B2OC(=O)C(CC(=O)O)(CC(=O)O)O2)C4)CCO1. The first-order valence-electron chi connectivity index (χ1n) is 17.0. The third kappa shape index (κ3) is 6.78. The van der Waals surface area contributed by atoms with Crippen LogP contribution in [0.1, 0.15) is 64.9 Å². The minimum absolute atomic E-state index is 0.00208. The Morgan fingerprint density at radius 1 is 1.16 bits per heavy atom. The first kappa shape index (κ1) is 35.6. The molecule has 1 aromatic rings. The van der Waals surface area contributed by atoms with Crippen LogP contribution in [0.25, 0.3) is 0 Å². The number of nitrogens with zero attached hydrogens (tertiary/aromatic N) is 3. The maximum absolute atomic E-state index is 14.1. The second-order valence-electron chi connectivity index (χ2n) is 15.2. The van der Waals surface area contributed by atoms with E-state index in [1.54, 1.807) is 35.2 Å². The number of aliphatic carboxylic acids is 2. The minimum Gasteiger partial charge on any atom is -0.506 e. The van der Waals surface area contributed by atoms with Gasteiger partial charge < -0.3 is 39.2 Å². The number of nitriles is 1. The Bertz CT molecular complexity index is 1560. The van der Waals surface area contributed by atoms with Crippen LogP contribution in [-0.2, 0) is 44.4 Å². The zero-order valence-electron chi connectivity index (χ0n) is 28.5. The lowest BCUT2D eigenvalue weighted by molar-refractivity contribution is -0.157. The van der Waals surface area contributed by atoms with E-state index in [4.69, 9.17) is 18.8 Å². The van der Waals surface area contributed by atoms with Crippen molar-refractivity contribution in [2.24, 2.45) is 11.3 Å². The molecule has 268 valence electrons. The summed E-state index contributed by atoms with van der Waals surface area (Å²) in [4.78, 5) is 67.5. The van der Waals surface area contributed by atoms with E-state index in [9.17, 15) is 39.4 Å². The number of hydrogen-bond donors (Lipinski definition) is 3. The second kappa shape index (κ2) is 13.2. The Morgan fingerprint density at radius 3 is 2.46 bits per heavy atom. The van der Waals surface area contributed by atoms with Gasteiger partial charge in [-0.25, -0.2) is 4.79 Å². The Hall–Kier alpha value is -4.20. The third-order valence-electron chi connectivity index (χ3n) is 11.0. The van der Waals surface area contributed by atoms with Gasteiger partial charge in [-0.1, -0.05) is 30.3 Å². The van der Waals surface area contributed by atoms with Crippen molar-refractivity contribution < 1.29 is 53.0 Å². The molecule has 4 atom stereocenters. The summed E-state index contributed by atoms with van der Waals surface area (Å²) in [6.07, 6.45) is -0.125. The van der Waals surface area contributed by atoms with Gasteiger partial charge in [0.25, 0.3) is 0 Å². The average Bonchev–Trinajstić information content (AvgIpc) is 3.46. The van der Waals surface area contributed by atoms with E-state index in [1.807, 2.05) is 20.8 Å². The average molecular weight is 695 g/mol.